The SMILES string of the molecule is O=C(O)c1[nH]n(-c2ccc(S(=O)(=O)O)cc2)c(=O)c1/C=C/CC1C(=O)N(c2ccc(S(=O)(=O)O)cc2)N=C1COO. The normalized spacial score (nSPS) is 16.0. The molecule has 41 heavy (non-hydrogen) atoms. The van der Waals surface area contributed by atoms with E-state index >= 15 is 0 Å². The molecule has 16 nitrogen and oxygen atoms in total. The zero-order valence-corrected chi connectivity index (χ0v) is 22.1. The highest BCUT2D eigenvalue weighted by molar-refractivity contribution is 7.86. The van der Waals surface area contributed by atoms with Gasteiger partial charge in [-0.2, -0.15) is 21.9 Å². The monoisotopic (exact) mass is 608 g/mol. The second-order valence-electron chi connectivity index (χ2n) is 8.49. The number of carbonyl (C=O) groups is 2. The molecule has 1 aliphatic heterocycles. The number of hydrogen-bond donors (Lipinski definition) is 5. The number of allylic oxidation sites excluding steroid dienone is 1. The van der Waals surface area contributed by atoms with Crippen LogP contribution in [0.15, 0.2) is 74.3 Å². The molecule has 0 fully saturated rings. The standard InChI is InChI=1S/C23H20N4O12S2/c28-21-17(19(12-39-32)24-26(21)13-4-8-15(9-5-13)40(33,34)35)2-1-3-18-20(23(30)31)25-27(22(18)29)14-6-10-16(11-7-14)41(36,37)38/h1,3-11,17,25,32H,2,12H2,(H,30,31)(H,33,34,35)(H,36,37,38)/b3-1+. The number of aromatic nitrogens is 2. The van der Waals surface area contributed by atoms with E-state index in [2.05, 4.69) is 15.1 Å². The lowest BCUT2D eigenvalue weighted by Crippen LogP contribution is -2.28. The lowest BCUT2D eigenvalue weighted by Gasteiger charge is -2.14. The number of carboxylic acid groups (broad SMARTS) is 1. The molecule has 5 N–H and O–H groups in total. The molecule has 1 amide bonds. The molecule has 0 saturated carbocycles. The van der Waals surface area contributed by atoms with Crippen molar-refractivity contribution in [1.29, 1.82) is 0 Å². The van der Waals surface area contributed by atoms with E-state index in [-0.39, 0.29) is 29.1 Å². The Bertz CT molecular complexity index is 1840. The van der Waals surface area contributed by atoms with E-state index in [1.165, 1.54) is 36.4 Å². The fourth-order valence-corrected chi connectivity index (χ4v) is 4.91. The number of aromatic carboxylic acids is 1. The third-order valence-electron chi connectivity index (χ3n) is 5.92. The van der Waals surface area contributed by atoms with Crippen molar-refractivity contribution in [2.75, 3.05) is 11.6 Å². The van der Waals surface area contributed by atoms with Gasteiger partial charge in [0.25, 0.3) is 31.7 Å². The van der Waals surface area contributed by atoms with Gasteiger partial charge in [-0.1, -0.05) is 12.2 Å². The first-order chi connectivity index (χ1) is 19.2. The molecule has 18 heteroatoms. The number of nitrogens with zero attached hydrogens (tertiary/aromatic N) is 3. The van der Waals surface area contributed by atoms with E-state index in [1.54, 1.807) is 0 Å². The van der Waals surface area contributed by atoms with Crippen molar-refractivity contribution in [1.82, 2.24) is 9.78 Å². The maximum absolute atomic E-state index is 13.1. The van der Waals surface area contributed by atoms with E-state index in [0.717, 1.165) is 34.0 Å². The minimum atomic E-state index is -4.49. The molecule has 1 aliphatic rings. The van der Waals surface area contributed by atoms with Gasteiger partial charge >= 0.3 is 5.97 Å². The Morgan fingerprint density at radius 1 is 0.951 bits per heavy atom. The molecule has 0 saturated heterocycles. The first-order valence-electron chi connectivity index (χ1n) is 11.3. The van der Waals surface area contributed by atoms with Gasteiger partial charge in [0.2, 0.25) is 0 Å². The summed E-state index contributed by atoms with van der Waals surface area (Å²) in [7, 11) is -8.96. The van der Waals surface area contributed by atoms with E-state index < -0.39 is 65.7 Å². The van der Waals surface area contributed by atoms with Crippen LogP contribution < -0.4 is 10.6 Å². The average molecular weight is 609 g/mol. The molecule has 1 unspecified atom stereocenters. The molecule has 2 heterocycles. The van der Waals surface area contributed by atoms with Gasteiger partial charge in [0.1, 0.15) is 6.61 Å². The lowest BCUT2D eigenvalue weighted by atomic mass is 9.99. The van der Waals surface area contributed by atoms with E-state index in [1.807, 2.05) is 0 Å². The van der Waals surface area contributed by atoms with Crippen molar-refractivity contribution in [3.63, 3.8) is 0 Å². The van der Waals surface area contributed by atoms with Gasteiger partial charge in [-0.05, 0) is 55.0 Å². The highest BCUT2D eigenvalue weighted by Gasteiger charge is 2.36. The number of anilines is 1. The largest absolute Gasteiger partial charge is 0.477 e. The summed E-state index contributed by atoms with van der Waals surface area (Å²) >= 11 is 0. The van der Waals surface area contributed by atoms with Crippen LogP contribution in [0.5, 0.6) is 0 Å². The third kappa shape index (κ3) is 6.16. The second kappa shape index (κ2) is 11.2. The first kappa shape index (κ1) is 29.5. The Balaban J connectivity index is 1.60. The number of nitrogens with one attached hydrogen (secondary N) is 1. The predicted molar refractivity (Wildman–Crippen MR) is 140 cm³/mol. The maximum Gasteiger partial charge on any atom is 0.354 e. The Kier molecular flexibility index (Phi) is 8.06. The molecule has 0 aliphatic carbocycles. The summed E-state index contributed by atoms with van der Waals surface area (Å²) in [6.45, 7) is -0.471. The van der Waals surface area contributed by atoms with Gasteiger partial charge in [0, 0.05) is 0 Å². The Hall–Kier alpha value is -4.46. The number of carbonyl (C=O) groups excluding carboxylic acids is 1. The second-order valence-corrected chi connectivity index (χ2v) is 11.3. The van der Waals surface area contributed by atoms with Crippen LogP contribution in [-0.4, -0.2) is 70.3 Å². The fourth-order valence-electron chi connectivity index (χ4n) is 3.95. The number of aromatic amines is 1. The van der Waals surface area contributed by atoms with Gasteiger partial charge in [-0.15, -0.1) is 0 Å². The zero-order valence-electron chi connectivity index (χ0n) is 20.5. The molecule has 4 rings (SSSR count). The number of hydrazone groups is 1. The quantitative estimate of drug-likeness (QED) is 0.124. The van der Waals surface area contributed by atoms with Crippen LogP contribution in [0.1, 0.15) is 22.5 Å². The summed E-state index contributed by atoms with van der Waals surface area (Å²) in [5, 5.41) is 26.0. The fraction of sp³-hybridized carbons (Fsp3) is 0.130. The van der Waals surface area contributed by atoms with Crippen molar-refractivity contribution in [2.24, 2.45) is 11.0 Å². The van der Waals surface area contributed by atoms with E-state index in [4.69, 9.17) is 14.4 Å². The maximum atomic E-state index is 13.1. The number of rotatable bonds is 10. The van der Waals surface area contributed by atoms with E-state index in [0.29, 0.717) is 0 Å². The molecular formula is C23H20N4O12S2. The van der Waals surface area contributed by atoms with Crippen molar-refractivity contribution in [3.8, 4) is 5.69 Å². The van der Waals surface area contributed by atoms with Crippen molar-refractivity contribution in [2.45, 2.75) is 16.2 Å². The Morgan fingerprint density at radius 2 is 1.49 bits per heavy atom. The summed E-state index contributed by atoms with van der Waals surface area (Å²) in [5.74, 6) is -3.10. The molecule has 0 spiro atoms. The topological polar surface area (TPSA) is 246 Å². The lowest BCUT2D eigenvalue weighted by molar-refractivity contribution is -0.228. The van der Waals surface area contributed by atoms with Crippen LogP contribution in [0.2, 0.25) is 0 Å². The minimum absolute atomic E-state index is 0.0701. The molecule has 0 bridgehead atoms. The first-order valence-corrected chi connectivity index (χ1v) is 14.2. The van der Waals surface area contributed by atoms with Crippen molar-refractivity contribution in [3.05, 3.63) is 76.2 Å². The van der Waals surface area contributed by atoms with Crippen LogP contribution in [0.25, 0.3) is 11.8 Å². The van der Waals surface area contributed by atoms with Crippen LogP contribution in [0, 0.1) is 5.92 Å². The highest BCUT2D eigenvalue weighted by atomic mass is 32.2. The van der Waals surface area contributed by atoms with E-state index in [9.17, 15) is 36.3 Å². The smallest absolute Gasteiger partial charge is 0.354 e. The number of hydrogen-bond acceptors (Lipinski definition) is 10. The third-order valence-corrected chi connectivity index (χ3v) is 7.65. The number of carboxylic acids is 1. The van der Waals surface area contributed by atoms with Gasteiger partial charge in [-0.3, -0.25) is 29.1 Å². The summed E-state index contributed by atoms with van der Waals surface area (Å²) < 4.78 is 64.2. The molecule has 1 aromatic heterocycles. The van der Waals surface area contributed by atoms with Gasteiger partial charge < -0.3 is 5.11 Å². The van der Waals surface area contributed by atoms with Crippen molar-refractivity contribution >= 4 is 49.6 Å². The van der Waals surface area contributed by atoms with Crippen LogP contribution in [0.4, 0.5) is 5.69 Å². The van der Waals surface area contributed by atoms with Gasteiger partial charge in [0.15, 0.2) is 5.69 Å². The highest BCUT2D eigenvalue weighted by Crippen LogP contribution is 2.27. The van der Waals surface area contributed by atoms with Gasteiger partial charge in [0.05, 0.1) is 38.4 Å². The predicted octanol–water partition coefficient (Wildman–Crippen LogP) is 1.27. The van der Waals surface area contributed by atoms with Crippen LogP contribution in [0.3, 0.4) is 0 Å². The number of H-pyrrole nitrogens is 1. The van der Waals surface area contributed by atoms with Crippen molar-refractivity contribution < 1.29 is 50.8 Å². The molecule has 1 atom stereocenters. The summed E-state index contributed by atoms with van der Waals surface area (Å²) in [5.41, 5.74) is -1.33. The van der Waals surface area contributed by atoms with Crippen LogP contribution >= 0.6 is 0 Å². The average Bonchev–Trinajstić information content (AvgIpc) is 3.40. The molecule has 3 aromatic rings. The zero-order chi connectivity index (χ0) is 30.1. The Labute approximate surface area is 230 Å². The number of benzene rings is 2. The molecule has 216 valence electrons. The summed E-state index contributed by atoms with van der Waals surface area (Å²) in [6.07, 6.45) is 2.39. The van der Waals surface area contributed by atoms with Gasteiger partial charge in [-0.25, -0.2) is 19.4 Å². The minimum Gasteiger partial charge on any atom is -0.477 e. The summed E-state index contributed by atoms with van der Waals surface area (Å²) in [4.78, 5) is 41.2. The summed E-state index contributed by atoms with van der Waals surface area (Å²) in [6, 6.07) is 8.96. The number of amides is 1. The van der Waals surface area contributed by atoms with Crippen LogP contribution in [-0.2, 0) is 29.9 Å². The molecular weight excluding hydrogens is 588 g/mol. The Morgan fingerprint density at radius 3 is 1.98 bits per heavy atom. The molecule has 2 aromatic carbocycles. The molecule has 0 radical (unpaired) electrons.